The van der Waals surface area contributed by atoms with Crippen molar-refractivity contribution in [3.63, 3.8) is 0 Å². The third-order valence-electron chi connectivity index (χ3n) is 1.73. The van der Waals surface area contributed by atoms with Crippen LogP contribution in [0.3, 0.4) is 0 Å². The molecule has 1 unspecified atom stereocenters. The van der Waals surface area contributed by atoms with E-state index in [9.17, 15) is 0 Å². The van der Waals surface area contributed by atoms with Crippen molar-refractivity contribution in [2.45, 2.75) is 32.8 Å². The van der Waals surface area contributed by atoms with E-state index in [1.807, 2.05) is 20.8 Å². The Hall–Kier alpha value is -0.900. The average molecular weight is 136 g/mol. The second-order valence-corrected chi connectivity index (χ2v) is 2.61. The molecule has 0 spiro atoms. The van der Waals surface area contributed by atoms with Crippen molar-refractivity contribution in [3.05, 3.63) is 11.8 Å². The van der Waals surface area contributed by atoms with E-state index in [1.54, 1.807) is 6.26 Å². The van der Waals surface area contributed by atoms with Gasteiger partial charge in [-0.2, -0.15) is 0 Å². The first-order valence-electron chi connectivity index (χ1n) is 3.54. The molecule has 0 N–H and O–H groups in total. The zero-order valence-corrected chi connectivity index (χ0v) is 6.69. The molecule has 0 fully saturated rings. The molecule has 1 atom stereocenters. The van der Waals surface area contributed by atoms with Gasteiger partial charge in [-0.15, -0.1) is 0 Å². The van der Waals surface area contributed by atoms with Crippen molar-refractivity contribution >= 4 is 0 Å². The summed E-state index contributed by atoms with van der Waals surface area (Å²) >= 11 is 0. The molecule has 0 aromatic heterocycles. The predicted octanol–water partition coefficient (Wildman–Crippen LogP) is 2.09. The highest BCUT2D eigenvalue weighted by Crippen LogP contribution is 2.29. The number of ether oxygens (including phenoxy) is 1. The van der Waals surface area contributed by atoms with Crippen LogP contribution >= 0.6 is 0 Å². The fourth-order valence-electron chi connectivity index (χ4n) is 0.739. The second kappa shape index (κ2) is 2.38. The normalized spacial score (nSPS) is 28.9. The smallest absolute Gasteiger partial charge is 0.190 e. The van der Waals surface area contributed by atoms with Crippen molar-refractivity contribution in [1.82, 2.24) is 0 Å². The Bertz CT molecular complexity index is 217. The quantitative estimate of drug-likeness (QED) is 0.463. The Morgan fingerprint density at radius 1 is 1.70 bits per heavy atom. The zero-order chi connectivity index (χ0) is 7.61. The number of rotatable bonds is 0. The Morgan fingerprint density at radius 3 is 2.70 bits per heavy atom. The molecule has 10 heavy (non-hydrogen) atoms. The van der Waals surface area contributed by atoms with Crippen molar-refractivity contribution in [1.29, 1.82) is 0 Å². The molecule has 0 amide bonds. The molecule has 0 aliphatic carbocycles. The molecular formula is C9H12O. The molecule has 1 rings (SSSR count). The summed E-state index contributed by atoms with van der Waals surface area (Å²) in [4.78, 5) is 0. The summed E-state index contributed by atoms with van der Waals surface area (Å²) in [6.45, 7) is 6.06. The lowest BCUT2D eigenvalue weighted by atomic mass is 9.95. The average Bonchev–Trinajstić information content (AvgIpc) is 1.97. The SMILES string of the molecule is CCC#CC1(C)OC=C1C. The number of hydrogen-bond acceptors (Lipinski definition) is 1. The lowest BCUT2D eigenvalue weighted by Gasteiger charge is -2.32. The van der Waals surface area contributed by atoms with Gasteiger partial charge in [0.2, 0.25) is 0 Å². The maximum absolute atomic E-state index is 5.20. The van der Waals surface area contributed by atoms with E-state index in [0.29, 0.717) is 0 Å². The van der Waals surface area contributed by atoms with Gasteiger partial charge in [0.25, 0.3) is 0 Å². The summed E-state index contributed by atoms with van der Waals surface area (Å²) in [5.74, 6) is 6.06. The van der Waals surface area contributed by atoms with Gasteiger partial charge in [-0.25, -0.2) is 0 Å². The van der Waals surface area contributed by atoms with Gasteiger partial charge in [0.05, 0.1) is 6.26 Å². The molecular weight excluding hydrogens is 124 g/mol. The minimum absolute atomic E-state index is 0.268. The highest BCUT2D eigenvalue weighted by molar-refractivity contribution is 5.33. The van der Waals surface area contributed by atoms with Crippen LogP contribution in [0.2, 0.25) is 0 Å². The van der Waals surface area contributed by atoms with Crippen LogP contribution in [0.1, 0.15) is 27.2 Å². The third kappa shape index (κ3) is 1.02. The largest absolute Gasteiger partial charge is 0.478 e. The van der Waals surface area contributed by atoms with Crippen LogP contribution in [-0.4, -0.2) is 5.60 Å². The summed E-state index contributed by atoms with van der Waals surface area (Å²) in [6, 6.07) is 0. The lowest BCUT2D eigenvalue weighted by Crippen LogP contribution is -2.33. The van der Waals surface area contributed by atoms with E-state index in [-0.39, 0.29) is 5.60 Å². The summed E-state index contributed by atoms with van der Waals surface area (Å²) in [5, 5.41) is 0. The van der Waals surface area contributed by atoms with E-state index in [2.05, 4.69) is 11.8 Å². The maximum atomic E-state index is 5.20. The molecule has 54 valence electrons. The minimum atomic E-state index is -0.268. The molecule has 1 aliphatic heterocycles. The monoisotopic (exact) mass is 136 g/mol. The molecule has 0 aromatic rings. The van der Waals surface area contributed by atoms with Crippen LogP contribution < -0.4 is 0 Å². The summed E-state index contributed by atoms with van der Waals surface area (Å²) < 4.78 is 5.20. The van der Waals surface area contributed by atoms with Gasteiger partial charge in [-0.05, 0) is 13.8 Å². The second-order valence-electron chi connectivity index (χ2n) is 2.61. The lowest BCUT2D eigenvalue weighted by molar-refractivity contribution is 0.0756. The van der Waals surface area contributed by atoms with Gasteiger partial charge in [-0.1, -0.05) is 18.8 Å². The standard InChI is InChI=1S/C9H12O/c1-4-5-6-9(3)8(2)7-10-9/h7H,4H2,1-3H3. The summed E-state index contributed by atoms with van der Waals surface area (Å²) in [7, 11) is 0. The summed E-state index contributed by atoms with van der Waals surface area (Å²) in [5.41, 5.74) is 0.948. The topological polar surface area (TPSA) is 9.23 Å². The predicted molar refractivity (Wildman–Crippen MR) is 41.3 cm³/mol. The summed E-state index contributed by atoms with van der Waals surface area (Å²) in [6.07, 6.45) is 2.65. The molecule has 1 aliphatic rings. The van der Waals surface area contributed by atoms with Crippen molar-refractivity contribution in [2.75, 3.05) is 0 Å². The van der Waals surface area contributed by atoms with Gasteiger partial charge < -0.3 is 4.74 Å². The van der Waals surface area contributed by atoms with Crippen molar-refractivity contribution in [3.8, 4) is 11.8 Å². The Balaban J connectivity index is 2.65. The van der Waals surface area contributed by atoms with E-state index in [0.717, 1.165) is 6.42 Å². The van der Waals surface area contributed by atoms with Gasteiger partial charge in [0.15, 0.2) is 5.60 Å². The fourth-order valence-corrected chi connectivity index (χ4v) is 0.739. The van der Waals surface area contributed by atoms with Crippen LogP contribution in [0.5, 0.6) is 0 Å². The van der Waals surface area contributed by atoms with Gasteiger partial charge in [-0.3, -0.25) is 0 Å². The van der Waals surface area contributed by atoms with Crippen LogP contribution in [0.15, 0.2) is 11.8 Å². The van der Waals surface area contributed by atoms with Gasteiger partial charge in [0, 0.05) is 12.0 Å². The van der Waals surface area contributed by atoms with Crippen LogP contribution in [-0.2, 0) is 4.74 Å². The first-order valence-corrected chi connectivity index (χ1v) is 3.54. The molecule has 0 saturated heterocycles. The zero-order valence-electron chi connectivity index (χ0n) is 6.69. The van der Waals surface area contributed by atoms with Crippen molar-refractivity contribution < 1.29 is 4.74 Å². The molecule has 0 saturated carbocycles. The van der Waals surface area contributed by atoms with E-state index in [1.165, 1.54) is 5.57 Å². The van der Waals surface area contributed by atoms with Crippen LogP contribution in [0.25, 0.3) is 0 Å². The molecule has 0 aromatic carbocycles. The molecule has 0 bridgehead atoms. The molecule has 1 nitrogen and oxygen atoms in total. The first-order chi connectivity index (χ1) is 4.69. The Kier molecular flexibility index (Phi) is 1.72. The fraction of sp³-hybridized carbons (Fsp3) is 0.556. The Morgan fingerprint density at radius 2 is 2.40 bits per heavy atom. The minimum Gasteiger partial charge on any atom is -0.478 e. The van der Waals surface area contributed by atoms with Gasteiger partial charge >= 0.3 is 0 Å². The Labute approximate surface area is 62.1 Å². The third-order valence-corrected chi connectivity index (χ3v) is 1.73. The highest BCUT2D eigenvalue weighted by atomic mass is 16.5. The molecule has 1 heterocycles. The number of hydrogen-bond donors (Lipinski definition) is 0. The molecule has 1 heteroatoms. The van der Waals surface area contributed by atoms with Crippen molar-refractivity contribution in [2.24, 2.45) is 0 Å². The van der Waals surface area contributed by atoms with E-state index in [4.69, 9.17) is 4.74 Å². The molecule has 0 radical (unpaired) electrons. The van der Waals surface area contributed by atoms with E-state index < -0.39 is 0 Å². The van der Waals surface area contributed by atoms with Gasteiger partial charge in [0.1, 0.15) is 0 Å². The van der Waals surface area contributed by atoms with Crippen LogP contribution in [0, 0.1) is 11.8 Å². The maximum Gasteiger partial charge on any atom is 0.190 e. The first kappa shape index (κ1) is 7.21. The highest BCUT2D eigenvalue weighted by Gasteiger charge is 2.32. The van der Waals surface area contributed by atoms with E-state index >= 15 is 0 Å². The van der Waals surface area contributed by atoms with Crippen LogP contribution in [0.4, 0.5) is 0 Å².